The van der Waals surface area contributed by atoms with E-state index in [-0.39, 0.29) is 41.8 Å². The highest BCUT2D eigenvalue weighted by Gasteiger charge is 2.24. The van der Waals surface area contributed by atoms with Crippen LogP contribution in [-0.2, 0) is 9.59 Å². The Labute approximate surface area is 168 Å². The molecule has 2 heterocycles. The van der Waals surface area contributed by atoms with Crippen LogP contribution in [0.25, 0.3) is 0 Å². The fourth-order valence-corrected chi connectivity index (χ4v) is 3.29. The average molecular weight is 465 g/mol. The Morgan fingerprint density at radius 1 is 1.28 bits per heavy atom. The molecule has 7 nitrogen and oxygen atoms in total. The quantitative estimate of drug-likeness (QED) is 0.370. The van der Waals surface area contributed by atoms with Crippen molar-refractivity contribution in [1.29, 1.82) is 0 Å². The van der Waals surface area contributed by atoms with Gasteiger partial charge in [-0.1, -0.05) is 0 Å². The number of nitrogens with zero attached hydrogens (tertiary/aromatic N) is 3. The molecule has 8 heteroatoms. The van der Waals surface area contributed by atoms with E-state index >= 15 is 0 Å². The zero-order valence-corrected chi connectivity index (χ0v) is 17.9. The standard InChI is InChI=1S/C17H31N5O2.HI/c1-4-18-17(20-15-5-6-16(24)21(3)12-15)19-11-14-7-9-22(10-8-14)13(2)23;/h14-15H,4-12H2,1-3H3,(H2,18,19,20);1H. The number of rotatable bonds is 4. The molecule has 0 bridgehead atoms. The molecule has 25 heavy (non-hydrogen) atoms. The first-order valence-corrected chi connectivity index (χ1v) is 9.04. The van der Waals surface area contributed by atoms with Gasteiger partial charge >= 0.3 is 0 Å². The summed E-state index contributed by atoms with van der Waals surface area (Å²) in [6.45, 7) is 7.69. The molecule has 2 saturated heterocycles. The Morgan fingerprint density at radius 2 is 1.96 bits per heavy atom. The van der Waals surface area contributed by atoms with Crippen LogP contribution < -0.4 is 10.6 Å². The first-order valence-electron chi connectivity index (χ1n) is 9.04. The van der Waals surface area contributed by atoms with Gasteiger partial charge < -0.3 is 20.4 Å². The van der Waals surface area contributed by atoms with Crippen LogP contribution >= 0.6 is 24.0 Å². The van der Waals surface area contributed by atoms with E-state index in [0.29, 0.717) is 12.3 Å². The van der Waals surface area contributed by atoms with Crippen molar-refractivity contribution in [2.24, 2.45) is 10.9 Å². The maximum Gasteiger partial charge on any atom is 0.222 e. The minimum atomic E-state index is 0. The number of nitrogens with one attached hydrogen (secondary N) is 2. The van der Waals surface area contributed by atoms with E-state index in [9.17, 15) is 9.59 Å². The van der Waals surface area contributed by atoms with Gasteiger partial charge in [0.25, 0.3) is 0 Å². The molecular formula is C17H32IN5O2. The van der Waals surface area contributed by atoms with Crippen molar-refractivity contribution in [3.63, 3.8) is 0 Å². The second kappa shape index (κ2) is 10.8. The minimum absolute atomic E-state index is 0. The Balaban J connectivity index is 0.00000312. The summed E-state index contributed by atoms with van der Waals surface area (Å²) in [6, 6.07) is 0.255. The lowest BCUT2D eigenvalue weighted by Crippen LogP contribution is -2.51. The first-order chi connectivity index (χ1) is 11.5. The highest BCUT2D eigenvalue weighted by atomic mass is 127. The number of piperidine rings is 2. The number of likely N-dealkylation sites (tertiary alicyclic amines) is 2. The first kappa shape index (κ1) is 22.0. The van der Waals surface area contributed by atoms with Gasteiger partial charge in [-0.25, -0.2) is 0 Å². The third kappa shape index (κ3) is 6.99. The molecular weight excluding hydrogens is 433 g/mol. The van der Waals surface area contributed by atoms with E-state index in [1.54, 1.807) is 11.8 Å². The van der Waals surface area contributed by atoms with Gasteiger partial charge in [0, 0.05) is 59.2 Å². The molecule has 2 amide bonds. The largest absolute Gasteiger partial charge is 0.357 e. The highest BCUT2D eigenvalue weighted by Crippen LogP contribution is 2.17. The summed E-state index contributed by atoms with van der Waals surface area (Å²) in [5, 5.41) is 6.75. The summed E-state index contributed by atoms with van der Waals surface area (Å²) in [7, 11) is 1.85. The van der Waals surface area contributed by atoms with Crippen molar-refractivity contribution in [2.75, 3.05) is 39.8 Å². The van der Waals surface area contributed by atoms with E-state index in [1.807, 2.05) is 11.9 Å². The molecule has 0 radical (unpaired) electrons. The van der Waals surface area contributed by atoms with Crippen molar-refractivity contribution in [2.45, 2.75) is 45.6 Å². The maximum absolute atomic E-state index is 11.6. The molecule has 2 aliphatic rings. The molecule has 1 unspecified atom stereocenters. The summed E-state index contributed by atoms with van der Waals surface area (Å²) in [5.41, 5.74) is 0. The summed E-state index contributed by atoms with van der Waals surface area (Å²) < 4.78 is 0. The maximum atomic E-state index is 11.6. The van der Waals surface area contributed by atoms with Crippen LogP contribution in [0.15, 0.2) is 4.99 Å². The number of halogens is 1. The monoisotopic (exact) mass is 465 g/mol. The summed E-state index contributed by atoms with van der Waals surface area (Å²) in [4.78, 5) is 31.4. The lowest BCUT2D eigenvalue weighted by molar-refractivity contribution is -0.132. The Hall–Kier alpha value is -1.06. The smallest absolute Gasteiger partial charge is 0.222 e. The Bertz CT molecular complexity index is 478. The predicted molar refractivity (Wildman–Crippen MR) is 110 cm³/mol. The Morgan fingerprint density at radius 3 is 2.52 bits per heavy atom. The second-order valence-corrected chi connectivity index (χ2v) is 6.82. The van der Waals surface area contributed by atoms with Gasteiger partial charge in [0.1, 0.15) is 0 Å². The average Bonchev–Trinajstić information content (AvgIpc) is 2.56. The van der Waals surface area contributed by atoms with Crippen molar-refractivity contribution in [3.05, 3.63) is 0 Å². The summed E-state index contributed by atoms with van der Waals surface area (Å²) in [6.07, 6.45) is 3.48. The fraction of sp³-hybridized carbons (Fsp3) is 0.824. The Kier molecular flexibility index (Phi) is 9.52. The van der Waals surface area contributed by atoms with Gasteiger partial charge in [-0.15, -0.1) is 24.0 Å². The van der Waals surface area contributed by atoms with E-state index in [1.165, 1.54) is 0 Å². The number of likely N-dealkylation sites (N-methyl/N-ethyl adjacent to an activating group) is 1. The molecule has 2 aliphatic heterocycles. The van der Waals surface area contributed by atoms with Crippen molar-refractivity contribution in [3.8, 4) is 0 Å². The molecule has 0 aromatic rings. The van der Waals surface area contributed by atoms with Crippen LogP contribution in [0.2, 0.25) is 0 Å². The number of guanidine groups is 1. The molecule has 2 fully saturated rings. The van der Waals surface area contributed by atoms with Crippen LogP contribution in [0.5, 0.6) is 0 Å². The molecule has 0 saturated carbocycles. The van der Waals surface area contributed by atoms with Gasteiger partial charge in [0.15, 0.2) is 5.96 Å². The summed E-state index contributed by atoms with van der Waals surface area (Å²) >= 11 is 0. The van der Waals surface area contributed by atoms with Crippen molar-refractivity contribution in [1.82, 2.24) is 20.4 Å². The van der Waals surface area contributed by atoms with Crippen LogP contribution in [0, 0.1) is 5.92 Å². The zero-order valence-electron chi connectivity index (χ0n) is 15.6. The van der Waals surface area contributed by atoms with Crippen LogP contribution in [0.1, 0.15) is 39.5 Å². The van der Waals surface area contributed by atoms with Crippen LogP contribution in [0.4, 0.5) is 0 Å². The predicted octanol–water partition coefficient (Wildman–Crippen LogP) is 1.04. The minimum Gasteiger partial charge on any atom is -0.357 e. The summed E-state index contributed by atoms with van der Waals surface area (Å²) in [5.74, 6) is 1.75. The number of amides is 2. The van der Waals surface area contributed by atoms with E-state index in [4.69, 9.17) is 4.99 Å². The van der Waals surface area contributed by atoms with E-state index in [0.717, 1.165) is 57.9 Å². The molecule has 0 aliphatic carbocycles. The third-order valence-electron chi connectivity index (χ3n) is 4.88. The fourth-order valence-electron chi connectivity index (χ4n) is 3.29. The molecule has 2 rings (SSSR count). The van der Waals surface area contributed by atoms with Gasteiger partial charge in [-0.05, 0) is 32.1 Å². The van der Waals surface area contributed by atoms with Crippen molar-refractivity contribution >= 4 is 41.8 Å². The number of carbonyl (C=O) groups excluding carboxylic acids is 2. The van der Waals surface area contributed by atoms with Gasteiger partial charge in [-0.2, -0.15) is 0 Å². The number of aliphatic imine (C=N–C) groups is 1. The second-order valence-electron chi connectivity index (χ2n) is 6.82. The molecule has 144 valence electrons. The van der Waals surface area contributed by atoms with E-state index in [2.05, 4.69) is 17.6 Å². The van der Waals surface area contributed by atoms with Crippen LogP contribution in [0.3, 0.4) is 0 Å². The van der Waals surface area contributed by atoms with Gasteiger partial charge in [-0.3, -0.25) is 14.6 Å². The normalized spacial score (nSPS) is 22.4. The zero-order chi connectivity index (χ0) is 17.5. The SMILES string of the molecule is CCNC(=NCC1CCN(C(C)=O)CC1)NC1CCC(=O)N(C)C1.I. The number of hydrogen-bond donors (Lipinski definition) is 2. The topological polar surface area (TPSA) is 77.0 Å². The molecule has 1 atom stereocenters. The lowest BCUT2D eigenvalue weighted by Gasteiger charge is -2.32. The molecule has 0 spiro atoms. The number of hydrogen-bond acceptors (Lipinski definition) is 3. The number of carbonyl (C=O) groups is 2. The molecule has 2 N–H and O–H groups in total. The van der Waals surface area contributed by atoms with Crippen molar-refractivity contribution < 1.29 is 9.59 Å². The molecule has 0 aromatic carbocycles. The molecule has 0 aromatic heterocycles. The van der Waals surface area contributed by atoms with E-state index < -0.39 is 0 Å². The van der Waals surface area contributed by atoms with Gasteiger partial charge in [0.2, 0.25) is 11.8 Å². The highest BCUT2D eigenvalue weighted by molar-refractivity contribution is 14.0. The lowest BCUT2D eigenvalue weighted by atomic mass is 9.97. The van der Waals surface area contributed by atoms with Gasteiger partial charge in [0.05, 0.1) is 0 Å². The third-order valence-corrected chi connectivity index (χ3v) is 4.88. The van der Waals surface area contributed by atoms with Crippen LogP contribution in [-0.4, -0.2) is 73.4 Å².